The zero-order chi connectivity index (χ0) is 33.3. The third kappa shape index (κ3) is 3.32. The first kappa shape index (κ1) is 30.8. The second-order valence-corrected chi connectivity index (χ2v) is 22.0. The van der Waals surface area contributed by atoms with Gasteiger partial charge in [-0.2, -0.15) is 0 Å². The van der Waals surface area contributed by atoms with E-state index in [9.17, 15) is 24.9 Å². The summed E-state index contributed by atoms with van der Waals surface area (Å²) in [6.07, 6.45) is 14.8. The molecule has 12 rings (SSSR count). The average Bonchev–Trinajstić information content (AvgIpc) is 3.86. The number of aliphatic hydroxyl groups excluding tert-OH is 1. The lowest BCUT2D eigenvalue weighted by Gasteiger charge is -2.63. The van der Waals surface area contributed by atoms with Crippen LogP contribution >= 0.6 is 0 Å². The number of ketones is 2. The number of carbonyl (C=O) groups is 2. The summed E-state index contributed by atoms with van der Waals surface area (Å²) in [4.78, 5) is 25.8. The number of rotatable bonds is 0. The topological polar surface area (TPSA) is 94.8 Å². The number of carbonyl (C=O) groups excluding carboxylic acids is 2. The van der Waals surface area contributed by atoms with Gasteiger partial charge >= 0.3 is 0 Å². The summed E-state index contributed by atoms with van der Waals surface area (Å²) in [6.45, 7) is 11.7. The molecular formula is C43H62O5. The quantitative estimate of drug-likeness (QED) is 0.265. The zero-order valence-corrected chi connectivity index (χ0v) is 30.3. The van der Waals surface area contributed by atoms with Crippen LogP contribution in [-0.4, -0.2) is 44.2 Å². The SMILES string of the molecule is C[C@H]1CC[C@]2(C)C3CC[C@]4(C)C(=O)[C@H]5C[C@H]5C4C3[C@H]3C[C@H]3[C@]2(O)C1.C[C@]12CCC3C(C1[C@@H]1C[C@@H]1C2=O)[C@H]1C[C@H]1[C@]1(O)C[C@@H](O)CC[C@]31C. The van der Waals surface area contributed by atoms with Crippen LogP contribution < -0.4 is 0 Å². The van der Waals surface area contributed by atoms with Crippen molar-refractivity contribution in [1.29, 1.82) is 0 Å². The molecule has 12 saturated carbocycles. The molecule has 6 unspecified atom stereocenters. The number of fused-ring (bicyclic) bond motifs is 20. The summed E-state index contributed by atoms with van der Waals surface area (Å²) in [5.74, 6) is 10.2. The third-order valence-corrected chi connectivity index (χ3v) is 20.5. The van der Waals surface area contributed by atoms with Gasteiger partial charge in [0, 0.05) is 29.1 Å². The van der Waals surface area contributed by atoms with Crippen LogP contribution in [0.4, 0.5) is 0 Å². The first-order valence-electron chi connectivity index (χ1n) is 20.8. The third-order valence-electron chi connectivity index (χ3n) is 20.5. The van der Waals surface area contributed by atoms with E-state index in [4.69, 9.17) is 0 Å². The van der Waals surface area contributed by atoms with E-state index >= 15 is 0 Å². The molecule has 264 valence electrons. The maximum Gasteiger partial charge on any atom is 0.142 e. The standard InChI is InChI=1S/C22H32O2.C21H30O3/c1-11-4-7-21(3)15-5-6-20(2)18(12-8-13(12)19(20)23)17(15)14-9-16(14)22(21,24)10-11;1-19-5-4-14-16(17(19)11-7-12(11)18(19)23)13-8-15(13)21(24)9-10(22)3-6-20(14,21)2/h11-18,24H,4-10H2,1-3H3;10-17,22,24H,3-9H2,1-2H3/t11-,12+,13-,14-,15?,16+,17?,18?,20-,21+,22+;10-,11+,12-,13-,14?,15+,16?,17?,19-,20+,21+/m00/s1. The van der Waals surface area contributed by atoms with Gasteiger partial charge in [-0.05, 0) is 171 Å². The molecule has 48 heavy (non-hydrogen) atoms. The Morgan fingerprint density at radius 3 is 1.52 bits per heavy atom. The summed E-state index contributed by atoms with van der Waals surface area (Å²) < 4.78 is 0. The van der Waals surface area contributed by atoms with Crippen molar-refractivity contribution < 1.29 is 24.9 Å². The maximum absolute atomic E-state index is 12.9. The van der Waals surface area contributed by atoms with E-state index < -0.39 is 11.2 Å². The van der Waals surface area contributed by atoms with Crippen LogP contribution in [0.25, 0.3) is 0 Å². The monoisotopic (exact) mass is 658 g/mol. The predicted octanol–water partition coefficient (Wildman–Crippen LogP) is 6.85. The molecule has 0 saturated heterocycles. The maximum atomic E-state index is 12.9. The fourth-order valence-electron chi connectivity index (χ4n) is 17.9. The van der Waals surface area contributed by atoms with Gasteiger partial charge in [0.15, 0.2) is 0 Å². The summed E-state index contributed by atoms with van der Waals surface area (Å²) >= 11 is 0. The number of aliphatic hydroxyl groups is 3. The average molecular weight is 659 g/mol. The largest absolute Gasteiger partial charge is 0.393 e. The van der Waals surface area contributed by atoms with Crippen molar-refractivity contribution in [2.24, 2.45) is 110 Å². The number of Topliss-reactive ketones (excluding diaryl/α,β-unsaturated/α-hetero) is 2. The number of hydrogen-bond acceptors (Lipinski definition) is 5. The highest BCUT2D eigenvalue weighted by molar-refractivity contribution is 5.93. The van der Waals surface area contributed by atoms with Gasteiger partial charge in [0.05, 0.1) is 17.3 Å². The lowest BCUT2D eigenvalue weighted by molar-refractivity contribution is -0.225. The molecule has 5 heteroatoms. The Kier molecular flexibility index (Phi) is 5.69. The highest BCUT2D eigenvalue weighted by atomic mass is 16.3. The van der Waals surface area contributed by atoms with Gasteiger partial charge in [-0.15, -0.1) is 0 Å². The van der Waals surface area contributed by atoms with Gasteiger partial charge in [-0.1, -0.05) is 34.6 Å². The van der Waals surface area contributed by atoms with Gasteiger partial charge in [-0.3, -0.25) is 9.59 Å². The molecule has 0 bridgehead atoms. The summed E-state index contributed by atoms with van der Waals surface area (Å²) in [7, 11) is 0. The van der Waals surface area contributed by atoms with Crippen molar-refractivity contribution in [3.63, 3.8) is 0 Å². The molecule has 12 aliphatic carbocycles. The van der Waals surface area contributed by atoms with Crippen LogP contribution in [0.5, 0.6) is 0 Å². The minimum absolute atomic E-state index is 0.00430. The predicted molar refractivity (Wildman–Crippen MR) is 181 cm³/mol. The lowest BCUT2D eigenvalue weighted by atomic mass is 9.42. The molecule has 0 heterocycles. The molecule has 0 amide bonds. The van der Waals surface area contributed by atoms with Crippen LogP contribution in [0.3, 0.4) is 0 Å². The van der Waals surface area contributed by atoms with E-state index in [-0.39, 0.29) is 27.8 Å². The molecule has 3 N–H and O–H groups in total. The fourth-order valence-corrected chi connectivity index (χ4v) is 17.9. The van der Waals surface area contributed by atoms with Crippen LogP contribution in [0.15, 0.2) is 0 Å². The first-order chi connectivity index (χ1) is 22.6. The Bertz CT molecular complexity index is 1400. The Morgan fingerprint density at radius 2 is 1.02 bits per heavy atom. The molecule has 0 spiro atoms. The molecule has 0 aromatic heterocycles. The molecule has 0 radical (unpaired) electrons. The first-order valence-corrected chi connectivity index (χ1v) is 20.8. The Balaban J connectivity index is 0.000000117. The van der Waals surface area contributed by atoms with E-state index in [2.05, 4.69) is 34.6 Å². The summed E-state index contributed by atoms with van der Waals surface area (Å²) in [6, 6.07) is 0. The van der Waals surface area contributed by atoms with Crippen LogP contribution in [0, 0.1) is 110 Å². The van der Waals surface area contributed by atoms with E-state index in [1.165, 1.54) is 32.1 Å². The van der Waals surface area contributed by atoms with Crippen molar-refractivity contribution in [1.82, 2.24) is 0 Å². The van der Waals surface area contributed by atoms with Crippen molar-refractivity contribution in [2.45, 2.75) is 142 Å². The van der Waals surface area contributed by atoms with Gasteiger partial charge in [0.25, 0.3) is 0 Å². The van der Waals surface area contributed by atoms with Gasteiger partial charge in [0.1, 0.15) is 11.6 Å². The van der Waals surface area contributed by atoms with Crippen molar-refractivity contribution in [3.8, 4) is 0 Å². The zero-order valence-electron chi connectivity index (χ0n) is 30.3. The minimum Gasteiger partial charge on any atom is -0.393 e. The Labute approximate surface area is 288 Å². The van der Waals surface area contributed by atoms with Gasteiger partial charge in [0.2, 0.25) is 0 Å². The second kappa shape index (κ2) is 8.87. The van der Waals surface area contributed by atoms with Crippen LogP contribution in [-0.2, 0) is 9.59 Å². The summed E-state index contributed by atoms with van der Waals surface area (Å²) in [5, 5.41) is 33.7. The molecule has 5 nitrogen and oxygen atoms in total. The van der Waals surface area contributed by atoms with Crippen molar-refractivity contribution >= 4 is 11.6 Å². The Morgan fingerprint density at radius 1 is 0.562 bits per heavy atom. The van der Waals surface area contributed by atoms with Crippen LogP contribution in [0.1, 0.15) is 125 Å². The van der Waals surface area contributed by atoms with E-state index in [1.54, 1.807) is 0 Å². The molecule has 22 atom stereocenters. The normalized spacial score (nSPS) is 69.1. The smallest absolute Gasteiger partial charge is 0.142 e. The van der Waals surface area contributed by atoms with Crippen molar-refractivity contribution in [2.75, 3.05) is 0 Å². The van der Waals surface area contributed by atoms with E-state index in [1.807, 2.05) is 0 Å². The lowest BCUT2D eigenvalue weighted by Crippen LogP contribution is -2.64. The molecular weight excluding hydrogens is 596 g/mol. The highest BCUT2D eigenvalue weighted by Crippen LogP contribution is 2.81. The fraction of sp³-hybridized carbons (Fsp3) is 0.953. The van der Waals surface area contributed by atoms with E-state index in [0.29, 0.717) is 94.9 Å². The molecule has 0 aliphatic heterocycles. The summed E-state index contributed by atoms with van der Waals surface area (Å²) in [5.41, 5.74) is -1.06. The van der Waals surface area contributed by atoms with Crippen molar-refractivity contribution in [3.05, 3.63) is 0 Å². The van der Waals surface area contributed by atoms with Gasteiger partial charge < -0.3 is 15.3 Å². The van der Waals surface area contributed by atoms with Gasteiger partial charge in [-0.25, -0.2) is 0 Å². The highest BCUT2D eigenvalue weighted by Gasteiger charge is 2.80. The molecule has 12 fully saturated rings. The number of hydrogen-bond donors (Lipinski definition) is 3. The van der Waals surface area contributed by atoms with Crippen LogP contribution in [0.2, 0.25) is 0 Å². The molecule has 0 aromatic carbocycles. The van der Waals surface area contributed by atoms with E-state index in [0.717, 1.165) is 63.2 Å². The molecule has 12 aliphatic rings. The Hall–Kier alpha value is -0.780. The second-order valence-electron chi connectivity index (χ2n) is 22.0. The molecule has 0 aromatic rings. The minimum atomic E-state index is -0.657.